The lowest BCUT2D eigenvalue weighted by atomic mass is 10.4. The molecule has 1 aromatic rings. The number of rotatable bonds is 3. The number of aromatic nitrogens is 2. The Morgan fingerprint density at radius 1 is 1.75 bits per heavy atom. The second-order valence-electron chi connectivity index (χ2n) is 2.22. The fraction of sp³-hybridized carbons (Fsp3) is 0.429. The van der Waals surface area contributed by atoms with Crippen LogP contribution in [0.1, 0.15) is 12.7 Å². The van der Waals surface area contributed by atoms with Gasteiger partial charge in [-0.2, -0.15) is 0 Å². The van der Waals surface area contributed by atoms with Gasteiger partial charge in [-0.05, 0) is 0 Å². The molecule has 12 heavy (non-hydrogen) atoms. The molecule has 0 aliphatic rings. The first kappa shape index (κ1) is 11.0. The summed E-state index contributed by atoms with van der Waals surface area (Å²) >= 11 is 0. The van der Waals surface area contributed by atoms with E-state index in [0.717, 1.165) is 12.2 Å². The Labute approximate surface area is 76.6 Å². The first-order chi connectivity index (χ1) is 5.24. The van der Waals surface area contributed by atoms with E-state index in [9.17, 15) is 4.79 Å². The molecule has 1 N–H and O–H groups in total. The maximum Gasteiger partial charge on any atom is 0.323 e. The Hall–Kier alpha value is -1.03. The van der Waals surface area contributed by atoms with Crippen molar-refractivity contribution in [1.29, 1.82) is 0 Å². The lowest BCUT2D eigenvalue weighted by Gasteiger charge is -2.00. The molecule has 0 amide bonds. The average Bonchev–Trinajstić information content (AvgIpc) is 2.34. The summed E-state index contributed by atoms with van der Waals surface area (Å²) in [5.41, 5.74) is 0. The molecule has 1 rings (SSSR count). The molecule has 0 aliphatic carbocycles. The summed E-state index contributed by atoms with van der Waals surface area (Å²) in [4.78, 5) is 14.3. The van der Waals surface area contributed by atoms with Crippen LogP contribution in [-0.4, -0.2) is 20.6 Å². The molecule has 0 spiro atoms. The SMILES string of the molecule is CCc1nccn1CC(=O)O.Cl. The van der Waals surface area contributed by atoms with Crippen LogP contribution in [0.15, 0.2) is 12.4 Å². The summed E-state index contributed by atoms with van der Waals surface area (Å²) in [5.74, 6) is -0.0231. The normalized spacial score (nSPS) is 9.08. The third-order valence-corrected chi connectivity index (χ3v) is 1.42. The Morgan fingerprint density at radius 2 is 2.42 bits per heavy atom. The van der Waals surface area contributed by atoms with E-state index in [2.05, 4.69) is 4.98 Å². The van der Waals surface area contributed by atoms with Crippen LogP contribution in [0.4, 0.5) is 0 Å². The molecule has 0 saturated carbocycles. The van der Waals surface area contributed by atoms with Gasteiger partial charge in [-0.1, -0.05) is 6.92 Å². The summed E-state index contributed by atoms with van der Waals surface area (Å²) in [6.45, 7) is 1.95. The molecular formula is C7H11ClN2O2. The van der Waals surface area contributed by atoms with Gasteiger partial charge in [-0.25, -0.2) is 4.98 Å². The molecule has 1 heterocycles. The number of hydrogen-bond acceptors (Lipinski definition) is 2. The molecule has 0 saturated heterocycles. The quantitative estimate of drug-likeness (QED) is 0.772. The van der Waals surface area contributed by atoms with Gasteiger partial charge in [-0.3, -0.25) is 4.79 Å². The van der Waals surface area contributed by atoms with Crippen LogP contribution < -0.4 is 0 Å². The third kappa shape index (κ3) is 2.54. The molecule has 0 aromatic carbocycles. The number of imidazole rings is 1. The van der Waals surface area contributed by atoms with Gasteiger partial charge in [0.2, 0.25) is 0 Å². The Bertz CT molecular complexity index is 260. The Kier molecular flexibility index (Phi) is 4.36. The van der Waals surface area contributed by atoms with Crippen LogP contribution in [0, 0.1) is 0 Å². The van der Waals surface area contributed by atoms with E-state index >= 15 is 0 Å². The highest BCUT2D eigenvalue weighted by molar-refractivity contribution is 5.85. The third-order valence-electron chi connectivity index (χ3n) is 1.42. The fourth-order valence-corrected chi connectivity index (χ4v) is 0.944. The maximum atomic E-state index is 10.3. The van der Waals surface area contributed by atoms with Crippen molar-refractivity contribution in [3.63, 3.8) is 0 Å². The van der Waals surface area contributed by atoms with E-state index in [1.54, 1.807) is 17.0 Å². The number of halogens is 1. The van der Waals surface area contributed by atoms with Crippen molar-refractivity contribution in [2.45, 2.75) is 19.9 Å². The van der Waals surface area contributed by atoms with Crippen LogP contribution in [0.3, 0.4) is 0 Å². The van der Waals surface area contributed by atoms with Crippen LogP contribution >= 0.6 is 12.4 Å². The molecule has 4 nitrogen and oxygen atoms in total. The zero-order chi connectivity index (χ0) is 8.27. The molecule has 68 valence electrons. The van der Waals surface area contributed by atoms with Crippen molar-refractivity contribution in [2.75, 3.05) is 0 Å². The smallest absolute Gasteiger partial charge is 0.323 e. The second-order valence-corrected chi connectivity index (χ2v) is 2.22. The van der Waals surface area contributed by atoms with Crippen molar-refractivity contribution in [3.05, 3.63) is 18.2 Å². The van der Waals surface area contributed by atoms with Gasteiger partial charge in [-0.15, -0.1) is 12.4 Å². The second kappa shape index (κ2) is 4.77. The van der Waals surface area contributed by atoms with Crippen molar-refractivity contribution >= 4 is 18.4 Å². The first-order valence-corrected chi connectivity index (χ1v) is 3.46. The van der Waals surface area contributed by atoms with Crippen LogP contribution in [0.2, 0.25) is 0 Å². The van der Waals surface area contributed by atoms with Gasteiger partial charge >= 0.3 is 5.97 Å². The van der Waals surface area contributed by atoms with Gasteiger partial charge in [0.1, 0.15) is 12.4 Å². The van der Waals surface area contributed by atoms with Gasteiger partial charge < -0.3 is 9.67 Å². The minimum absolute atomic E-state index is 0. The van der Waals surface area contributed by atoms with E-state index in [-0.39, 0.29) is 19.0 Å². The van der Waals surface area contributed by atoms with Gasteiger partial charge in [0.15, 0.2) is 0 Å². The lowest BCUT2D eigenvalue weighted by molar-refractivity contribution is -0.137. The van der Waals surface area contributed by atoms with Crippen LogP contribution in [0.25, 0.3) is 0 Å². The van der Waals surface area contributed by atoms with E-state index in [1.807, 2.05) is 6.92 Å². The molecule has 0 aliphatic heterocycles. The molecular weight excluding hydrogens is 180 g/mol. The number of carbonyl (C=O) groups is 1. The van der Waals surface area contributed by atoms with Gasteiger partial charge in [0.05, 0.1) is 0 Å². The molecule has 0 unspecified atom stereocenters. The van der Waals surface area contributed by atoms with Crippen molar-refractivity contribution < 1.29 is 9.90 Å². The lowest BCUT2D eigenvalue weighted by Crippen LogP contribution is -2.10. The maximum absolute atomic E-state index is 10.3. The van der Waals surface area contributed by atoms with E-state index < -0.39 is 5.97 Å². The van der Waals surface area contributed by atoms with Crippen molar-refractivity contribution in [1.82, 2.24) is 9.55 Å². The zero-order valence-corrected chi connectivity index (χ0v) is 7.54. The summed E-state index contributed by atoms with van der Waals surface area (Å²) in [6, 6.07) is 0. The number of aliphatic carboxylic acids is 1. The van der Waals surface area contributed by atoms with Crippen LogP contribution in [-0.2, 0) is 17.8 Å². The first-order valence-electron chi connectivity index (χ1n) is 3.46. The number of carboxylic acid groups (broad SMARTS) is 1. The fourth-order valence-electron chi connectivity index (χ4n) is 0.944. The van der Waals surface area contributed by atoms with E-state index in [0.29, 0.717) is 0 Å². The highest BCUT2D eigenvalue weighted by Crippen LogP contribution is 1.97. The number of hydrogen-bond donors (Lipinski definition) is 1. The zero-order valence-electron chi connectivity index (χ0n) is 6.73. The largest absolute Gasteiger partial charge is 0.480 e. The molecule has 1 aromatic heterocycles. The van der Waals surface area contributed by atoms with Gasteiger partial charge in [0, 0.05) is 18.8 Å². The van der Waals surface area contributed by atoms with Crippen molar-refractivity contribution in [2.24, 2.45) is 0 Å². The summed E-state index contributed by atoms with van der Waals surface area (Å²) < 4.78 is 1.63. The topological polar surface area (TPSA) is 55.1 Å². The number of aryl methyl sites for hydroxylation is 1. The number of nitrogens with zero attached hydrogens (tertiary/aromatic N) is 2. The highest BCUT2D eigenvalue weighted by atomic mass is 35.5. The highest BCUT2D eigenvalue weighted by Gasteiger charge is 2.02. The average molecular weight is 191 g/mol. The molecule has 5 heteroatoms. The van der Waals surface area contributed by atoms with E-state index in [1.165, 1.54) is 0 Å². The molecule has 0 atom stereocenters. The minimum Gasteiger partial charge on any atom is -0.480 e. The summed E-state index contributed by atoms with van der Waals surface area (Å²) in [6.07, 6.45) is 4.05. The predicted octanol–water partition coefficient (Wildman–Crippen LogP) is 0.952. The minimum atomic E-state index is -0.835. The predicted molar refractivity (Wildman–Crippen MR) is 46.5 cm³/mol. The standard InChI is InChI=1S/C7H10N2O2.ClH/c1-2-6-8-3-4-9(6)5-7(10)11;/h3-4H,2,5H2,1H3,(H,10,11);1H. The summed E-state index contributed by atoms with van der Waals surface area (Å²) in [5, 5.41) is 8.46. The summed E-state index contributed by atoms with van der Waals surface area (Å²) in [7, 11) is 0. The Balaban J connectivity index is 0.00000121. The monoisotopic (exact) mass is 190 g/mol. The van der Waals surface area contributed by atoms with Gasteiger partial charge in [0.25, 0.3) is 0 Å². The molecule has 0 radical (unpaired) electrons. The van der Waals surface area contributed by atoms with Crippen LogP contribution in [0.5, 0.6) is 0 Å². The molecule has 0 fully saturated rings. The molecule has 0 bridgehead atoms. The van der Waals surface area contributed by atoms with Crippen molar-refractivity contribution in [3.8, 4) is 0 Å². The van der Waals surface area contributed by atoms with E-state index in [4.69, 9.17) is 5.11 Å². The Morgan fingerprint density at radius 3 is 2.92 bits per heavy atom. The number of carboxylic acids is 1.